The SMILES string of the molecule is COc1ccc(CN2CCN(C)C2=O)cc1. The van der Waals surface area contributed by atoms with Gasteiger partial charge in [0.2, 0.25) is 0 Å². The molecule has 2 rings (SSSR count). The van der Waals surface area contributed by atoms with Crippen LogP contribution in [0.4, 0.5) is 4.79 Å². The number of nitrogens with zero attached hydrogens (tertiary/aromatic N) is 2. The highest BCUT2D eigenvalue weighted by Gasteiger charge is 2.24. The van der Waals surface area contributed by atoms with Crippen molar-refractivity contribution in [1.29, 1.82) is 0 Å². The molecule has 1 aromatic rings. The van der Waals surface area contributed by atoms with E-state index in [1.54, 1.807) is 12.0 Å². The van der Waals surface area contributed by atoms with E-state index >= 15 is 0 Å². The van der Waals surface area contributed by atoms with Gasteiger partial charge in [0.25, 0.3) is 0 Å². The average molecular weight is 220 g/mol. The van der Waals surface area contributed by atoms with Crippen molar-refractivity contribution < 1.29 is 9.53 Å². The minimum atomic E-state index is 0.107. The van der Waals surface area contributed by atoms with E-state index < -0.39 is 0 Å². The van der Waals surface area contributed by atoms with Gasteiger partial charge < -0.3 is 14.5 Å². The van der Waals surface area contributed by atoms with Gasteiger partial charge in [-0.25, -0.2) is 4.79 Å². The molecule has 1 aliphatic rings. The summed E-state index contributed by atoms with van der Waals surface area (Å²) in [7, 11) is 3.48. The Morgan fingerprint density at radius 3 is 2.44 bits per heavy atom. The Hall–Kier alpha value is -1.71. The van der Waals surface area contributed by atoms with Crippen LogP contribution in [-0.2, 0) is 6.54 Å². The third kappa shape index (κ3) is 2.10. The minimum Gasteiger partial charge on any atom is -0.497 e. The Labute approximate surface area is 95.4 Å². The molecule has 16 heavy (non-hydrogen) atoms. The third-order valence-electron chi connectivity index (χ3n) is 2.83. The van der Waals surface area contributed by atoms with Gasteiger partial charge in [-0.2, -0.15) is 0 Å². The number of hydrogen-bond donors (Lipinski definition) is 0. The summed E-state index contributed by atoms with van der Waals surface area (Å²) in [6, 6.07) is 7.92. The van der Waals surface area contributed by atoms with Gasteiger partial charge in [-0.1, -0.05) is 12.1 Å². The fraction of sp³-hybridized carbons (Fsp3) is 0.417. The van der Waals surface area contributed by atoms with Crippen LogP contribution in [0.3, 0.4) is 0 Å². The summed E-state index contributed by atoms with van der Waals surface area (Å²) in [4.78, 5) is 15.2. The molecule has 0 saturated carbocycles. The van der Waals surface area contributed by atoms with Gasteiger partial charge in [-0.05, 0) is 17.7 Å². The second kappa shape index (κ2) is 4.43. The first-order chi connectivity index (χ1) is 7.70. The predicted molar refractivity (Wildman–Crippen MR) is 61.4 cm³/mol. The Bertz CT molecular complexity index is 375. The first-order valence-corrected chi connectivity index (χ1v) is 5.33. The number of rotatable bonds is 3. The number of carbonyl (C=O) groups excluding carboxylic acids is 1. The van der Waals surface area contributed by atoms with E-state index in [1.165, 1.54) is 0 Å². The average Bonchev–Trinajstić information content (AvgIpc) is 2.62. The summed E-state index contributed by atoms with van der Waals surface area (Å²) in [6.07, 6.45) is 0. The Morgan fingerprint density at radius 1 is 1.25 bits per heavy atom. The lowest BCUT2D eigenvalue weighted by Crippen LogP contribution is -2.28. The van der Waals surface area contributed by atoms with Crippen molar-refractivity contribution in [2.75, 3.05) is 27.2 Å². The number of amides is 2. The van der Waals surface area contributed by atoms with Crippen molar-refractivity contribution in [3.05, 3.63) is 29.8 Å². The van der Waals surface area contributed by atoms with Crippen LogP contribution in [0.5, 0.6) is 5.75 Å². The molecule has 0 aliphatic carbocycles. The van der Waals surface area contributed by atoms with Crippen molar-refractivity contribution in [2.45, 2.75) is 6.54 Å². The molecule has 0 radical (unpaired) electrons. The Morgan fingerprint density at radius 2 is 1.94 bits per heavy atom. The van der Waals surface area contributed by atoms with Gasteiger partial charge in [0, 0.05) is 26.7 Å². The highest BCUT2D eigenvalue weighted by Crippen LogP contribution is 2.15. The van der Waals surface area contributed by atoms with Crippen LogP contribution >= 0.6 is 0 Å². The quantitative estimate of drug-likeness (QED) is 0.774. The molecule has 0 spiro atoms. The van der Waals surface area contributed by atoms with Gasteiger partial charge in [-0.3, -0.25) is 0 Å². The lowest BCUT2D eigenvalue weighted by atomic mass is 10.2. The zero-order valence-corrected chi connectivity index (χ0v) is 9.64. The Kier molecular flexibility index (Phi) is 2.99. The van der Waals surface area contributed by atoms with Gasteiger partial charge in [0.05, 0.1) is 7.11 Å². The summed E-state index contributed by atoms with van der Waals surface area (Å²) in [5.41, 5.74) is 1.13. The molecule has 1 aliphatic heterocycles. The van der Waals surface area contributed by atoms with Crippen molar-refractivity contribution in [1.82, 2.24) is 9.80 Å². The van der Waals surface area contributed by atoms with Gasteiger partial charge in [-0.15, -0.1) is 0 Å². The topological polar surface area (TPSA) is 32.8 Å². The van der Waals surface area contributed by atoms with E-state index in [1.807, 2.05) is 36.2 Å². The third-order valence-corrected chi connectivity index (χ3v) is 2.83. The van der Waals surface area contributed by atoms with Crippen LogP contribution < -0.4 is 4.74 Å². The van der Waals surface area contributed by atoms with E-state index in [2.05, 4.69) is 0 Å². The number of hydrogen-bond acceptors (Lipinski definition) is 2. The first-order valence-electron chi connectivity index (χ1n) is 5.33. The van der Waals surface area contributed by atoms with Crippen LogP contribution in [0.2, 0.25) is 0 Å². The van der Waals surface area contributed by atoms with E-state index in [4.69, 9.17) is 4.74 Å². The zero-order valence-electron chi connectivity index (χ0n) is 9.64. The maximum atomic E-state index is 11.7. The highest BCUT2D eigenvalue weighted by molar-refractivity contribution is 5.76. The molecule has 0 bridgehead atoms. The molecule has 0 aromatic heterocycles. The molecule has 1 saturated heterocycles. The van der Waals surface area contributed by atoms with Gasteiger partial charge in [0.1, 0.15) is 5.75 Å². The summed E-state index contributed by atoms with van der Waals surface area (Å²) in [5, 5.41) is 0. The molecule has 0 unspecified atom stereocenters. The van der Waals surface area contributed by atoms with Crippen molar-refractivity contribution in [2.24, 2.45) is 0 Å². The van der Waals surface area contributed by atoms with E-state index in [0.29, 0.717) is 6.54 Å². The van der Waals surface area contributed by atoms with E-state index in [0.717, 1.165) is 24.4 Å². The first kappa shape index (κ1) is 10.8. The monoisotopic (exact) mass is 220 g/mol. The molecule has 0 N–H and O–H groups in total. The fourth-order valence-corrected chi connectivity index (χ4v) is 1.80. The molecule has 0 atom stereocenters. The highest BCUT2D eigenvalue weighted by atomic mass is 16.5. The van der Waals surface area contributed by atoms with Gasteiger partial charge >= 0.3 is 6.03 Å². The molecule has 1 fully saturated rings. The van der Waals surface area contributed by atoms with Gasteiger partial charge in [0.15, 0.2) is 0 Å². The van der Waals surface area contributed by atoms with E-state index in [9.17, 15) is 4.79 Å². The van der Waals surface area contributed by atoms with Crippen molar-refractivity contribution >= 4 is 6.03 Å². The summed E-state index contributed by atoms with van der Waals surface area (Å²) in [5.74, 6) is 0.841. The summed E-state index contributed by atoms with van der Waals surface area (Å²) < 4.78 is 5.09. The predicted octanol–water partition coefficient (Wildman–Crippen LogP) is 1.56. The lowest BCUT2D eigenvalue weighted by molar-refractivity contribution is 0.197. The molecule has 4 nitrogen and oxygen atoms in total. The number of benzene rings is 1. The maximum Gasteiger partial charge on any atom is 0.320 e. The number of urea groups is 1. The molecule has 4 heteroatoms. The normalized spacial score (nSPS) is 15.8. The fourth-order valence-electron chi connectivity index (χ4n) is 1.80. The smallest absolute Gasteiger partial charge is 0.320 e. The van der Waals surface area contributed by atoms with Crippen LogP contribution in [-0.4, -0.2) is 43.1 Å². The lowest BCUT2D eigenvalue weighted by Gasteiger charge is -2.16. The molecule has 86 valence electrons. The Balaban J connectivity index is 2.01. The second-order valence-electron chi connectivity index (χ2n) is 3.97. The number of carbonyl (C=O) groups is 1. The maximum absolute atomic E-state index is 11.7. The van der Waals surface area contributed by atoms with E-state index in [-0.39, 0.29) is 6.03 Å². The molecule has 1 aromatic carbocycles. The molecular weight excluding hydrogens is 204 g/mol. The van der Waals surface area contributed by atoms with Crippen molar-refractivity contribution in [3.8, 4) is 5.75 Å². The van der Waals surface area contributed by atoms with Crippen LogP contribution in [0, 0.1) is 0 Å². The van der Waals surface area contributed by atoms with Crippen molar-refractivity contribution in [3.63, 3.8) is 0 Å². The molecule has 2 amide bonds. The van der Waals surface area contributed by atoms with Crippen LogP contribution in [0.25, 0.3) is 0 Å². The second-order valence-corrected chi connectivity index (χ2v) is 3.97. The number of likely N-dealkylation sites (N-methyl/N-ethyl adjacent to an activating group) is 1. The number of ether oxygens (including phenoxy) is 1. The molecular formula is C12H16N2O2. The summed E-state index contributed by atoms with van der Waals surface area (Å²) >= 11 is 0. The van der Waals surface area contributed by atoms with Crippen LogP contribution in [0.1, 0.15) is 5.56 Å². The number of methoxy groups -OCH3 is 1. The van der Waals surface area contributed by atoms with Crippen LogP contribution in [0.15, 0.2) is 24.3 Å². The minimum absolute atomic E-state index is 0.107. The largest absolute Gasteiger partial charge is 0.497 e. The zero-order chi connectivity index (χ0) is 11.5. The standard InChI is InChI=1S/C12H16N2O2/c1-13-7-8-14(12(13)15)9-10-3-5-11(16-2)6-4-10/h3-6H,7-9H2,1-2H3. The molecule has 1 heterocycles. The summed E-state index contributed by atoms with van der Waals surface area (Å²) in [6.45, 7) is 2.30.